The number of ether oxygens (including phenoxy) is 2. The molecule has 0 saturated heterocycles. The number of rotatable bonds is 9. The molecule has 0 aliphatic heterocycles. The second-order valence-corrected chi connectivity index (χ2v) is 9.94. The molecule has 0 heterocycles. The molecule has 2 aromatic rings. The van der Waals surface area contributed by atoms with Crippen molar-refractivity contribution in [1.29, 1.82) is 0 Å². The van der Waals surface area contributed by atoms with Crippen molar-refractivity contribution in [2.45, 2.75) is 66.2 Å². The molecule has 0 radical (unpaired) electrons. The highest BCUT2D eigenvalue weighted by molar-refractivity contribution is 5.69. The number of nitrogens with zero attached hydrogens (tertiary/aromatic N) is 1. The van der Waals surface area contributed by atoms with Crippen LogP contribution in [-0.4, -0.2) is 30.3 Å². The van der Waals surface area contributed by atoms with Crippen molar-refractivity contribution in [3.05, 3.63) is 71.8 Å². The molecule has 174 valence electrons. The van der Waals surface area contributed by atoms with E-state index < -0.39 is 17.2 Å². The number of carbonyl (C=O) groups is 1. The van der Waals surface area contributed by atoms with Crippen LogP contribution in [0.5, 0.6) is 5.75 Å². The highest BCUT2D eigenvalue weighted by Crippen LogP contribution is 2.23. The maximum Gasteiger partial charge on any atom is 0.408 e. The maximum atomic E-state index is 12.3. The summed E-state index contributed by atoms with van der Waals surface area (Å²) in [5, 5.41) is 3.00. The SMILES string of the molecule is CC(C)=CCN(CC(C)(C)NC(=O)OC(C)(C)C)c1ccc(OCc2ccccc2)cc1. The lowest BCUT2D eigenvalue weighted by Crippen LogP contribution is -2.52. The smallest absolute Gasteiger partial charge is 0.408 e. The molecular weight excluding hydrogens is 400 g/mol. The summed E-state index contributed by atoms with van der Waals surface area (Å²) in [4.78, 5) is 14.6. The number of anilines is 1. The molecule has 0 spiro atoms. The Kier molecular flexibility index (Phi) is 8.76. The van der Waals surface area contributed by atoms with Crippen molar-refractivity contribution < 1.29 is 14.3 Å². The highest BCUT2D eigenvalue weighted by Gasteiger charge is 2.27. The van der Waals surface area contributed by atoms with Crippen LogP contribution in [0.3, 0.4) is 0 Å². The Labute approximate surface area is 193 Å². The maximum absolute atomic E-state index is 12.3. The van der Waals surface area contributed by atoms with E-state index in [1.165, 1.54) is 5.57 Å². The lowest BCUT2D eigenvalue weighted by Gasteiger charge is -2.35. The van der Waals surface area contributed by atoms with Gasteiger partial charge in [0, 0.05) is 18.8 Å². The number of carbonyl (C=O) groups excluding carboxylic acids is 1. The van der Waals surface area contributed by atoms with E-state index in [0.29, 0.717) is 13.2 Å². The zero-order chi connectivity index (χ0) is 23.8. The molecule has 0 fully saturated rings. The van der Waals surface area contributed by atoms with Crippen LogP contribution in [0.15, 0.2) is 66.2 Å². The van der Waals surface area contributed by atoms with Crippen LogP contribution in [0.25, 0.3) is 0 Å². The molecular formula is C27H38N2O3. The second-order valence-electron chi connectivity index (χ2n) is 9.94. The van der Waals surface area contributed by atoms with Gasteiger partial charge in [0.05, 0.1) is 5.54 Å². The Balaban J connectivity index is 2.08. The first-order chi connectivity index (χ1) is 14.9. The summed E-state index contributed by atoms with van der Waals surface area (Å²) in [5.74, 6) is 0.825. The number of hydrogen-bond acceptors (Lipinski definition) is 4. The molecule has 32 heavy (non-hydrogen) atoms. The van der Waals surface area contributed by atoms with Crippen LogP contribution >= 0.6 is 0 Å². The third-order valence-electron chi connectivity index (χ3n) is 4.60. The summed E-state index contributed by atoms with van der Waals surface area (Å²) in [6, 6.07) is 18.2. The third-order valence-corrected chi connectivity index (χ3v) is 4.60. The van der Waals surface area contributed by atoms with Crippen molar-refractivity contribution in [2.75, 3.05) is 18.0 Å². The molecule has 0 aliphatic rings. The fraction of sp³-hybridized carbons (Fsp3) is 0.444. The van der Waals surface area contributed by atoms with Crippen LogP contribution in [0.2, 0.25) is 0 Å². The highest BCUT2D eigenvalue weighted by atomic mass is 16.6. The largest absolute Gasteiger partial charge is 0.489 e. The third kappa shape index (κ3) is 9.46. The summed E-state index contributed by atoms with van der Waals surface area (Å²) in [5.41, 5.74) is 2.43. The molecule has 1 amide bonds. The van der Waals surface area contributed by atoms with E-state index in [2.05, 4.69) is 54.4 Å². The number of allylic oxidation sites excluding steroid dienone is 1. The van der Waals surface area contributed by atoms with Gasteiger partial charge >= 0.3 is 6.09 Å². The van der Waals surface area contributed by atoms with Gasteiger partial charge in [0.1, 0.15) is 18.0 Å². The van der Waals surface area contributed by atoms with E-state index in [9.17, 15) is 4.79 Å². The van der Waals surface area contributed by atoms with Crippen molar-refractivity contribution in [3.8, 4) is 5.75 Å². The van der Waals surface area contributed by atoms with Gasteiger partial charge in [-0.3, -0.25) is 0 Å². The zero-order valence-corrected chi connectivity index (χ0v) is 20.6. The first kappa shape index (κ1) is 25.3. The van der Waals surface area contributed by atoms with E-state index in [1.807, 2.05) is 65.0 Å². The number of benzene rings is 2. The van der Waals surface area contributed by atoms with E-state index in [0.717, 1.165) is 23.5 Å². The van der Waals surface area contributed by atoms with Gasteiger partial charge in [-0.15, -0.1) is 0 Å². The van der Waals surface area contributed by atoms with Gasteiger partial charge in [0.25, 0.3) is 0 Å². The number of amides is 1. The monoisotopic (exact) mass is 438 g/mol. The lowest BCUT2D eigenvalue weighted by molar-refractivity contribution is 0.0475. The molecule has 2 rings (SSSR count). The summed E-state index contributed by atoms with van der Waals surface area (Å²) in [6.45, 7) is 15.7. The predicted molar refractivity (Wildman–Crippen MR) is 132 cm³/mol. The average molecular weight is 439 g/mol. The number of nitrogens with one attached hydrogen (secondary N) is 1. The standard InChI is InChI=1S/C27H38N2O3/c1-21(2)17-18-29(20-27(6,7)28-25(30)32-26(3,4)5)23-13-15-24(16-14-23)31-19-22-11-9-8-10-12-22/h8-17H,18-20H2,1-7H3,(H,28,30). The first-order valence-electron chi connectivity index (χ1n) is 11.1. The zero-order valence-electron chi connectivity index (χ0n) is 20.6. The molecule has 0 saturated carbocycles. The van der Waals surface area contributed by atoms with Crippen molar-refractivity contribution in [1.82, 2.24) is 5.32 Å². The average Bonchev–Trinajstić information content (AvgIpc) is 2.68. The first-order valence-corrected chi connectivity index (χ1v) is 11.1. The van der Waals surface area contributed by atoms with Crippen LogP contribution in [0.1, 0.15) is 54.0 Å². The summed E-state index contributed by atoms with van der Waals surface area (Å²) in [7, 11) is 0. The molecule has 0 atom stereocenters. The molecule has 0 unspecified atom stereocenters. The molecule has 0 aromatic heterocycles. The fourth-order valence-corrected chi connectivity index (χ4v) is 3.14. The van der Waals surface area contributed by atoms with Crippen molar-refractivity contribution in [3.63, 3.8) is 0 Å². The normalized spacial score (nSPS) is 11.5. The van der Waals surface area contributed by atoms with Crippen LogP contribution in [-0.2, 0) is 11.3 Å². The predicted octanol–water partition coefficient (Wildman–Crippen LogP) is 6.34. The van der Waals surface area contributed by atoms with Gasteiger partial charge in [-0.25, -0.2) is 4.79 Å². The van der Waals surface area contributed by atoms with Crippen LogP contribution in [0.4, 0.5) is 10.5 Å². The van der Waals surface area contributed by atoms with E-state index in [1.54, 1.807) is 0 Å². The minimum atomic E-state index is -0.530. The Morgan fingerprint density at radius 2 is 1.59 bits per heavy atom. The molecule has 5 nitrogen and oxygen atoms in total. The molecule has 2 aromatic carbocycles. The van der Waals surface area contributed by atoms with E-state index in [4.69, 9.17) is 9.47 Å². The van der Waals surface area contributed by atoms with Gasteiger partial charge < -0.3 is 19.7 Å². The van der Waals surface area contributed by atoms with E-state index >= 15 is 0 Å². The number of alkyl carbamates (subject to hydrolysis) is 1. The van der Waals surface area contributed by atoms with Gasteiger partial charge in [0.15, 0.2) is 0 Å². The Bertz CT molecular complexity index is 877. The van der Waals surface area contributed by atoms with Gasteiger partial charge in [-0.1, -0.05) is 42.0 Å². The van der Waals surface area contributed by atoms with Gasteiger partial charge in [0.2, 0.25) is 0 Å². The summed E-state index contributed by atoms with van der Waals surface area (Å²) >= 11 is 0. The second kappa shape index (κ2) is 11.1. The fourth-order valence-electron chi connectivity index (χ4n) is 3.14. The molecule has 0 aliphatic carbocycles. The minimum Gasteiger partial charge on any atom is -0.489 e. The van der Waals surface area contributed by atoms with Crippen molar-refractivity contribution >= 4 is 11.8 Å². The van der Waals surface area contributed by atoms with Gasteiger partial charge in [-0.2, -0.15) is 0 Å². The summed E-state index contributed by atoms with van der Waals surface area (Å²) in [6.07, 6.45) is 1.78. The Morgan fingerprint density at radius 1 is 0.969 bits per heavy atom. The molecule has 0 bridgehead atoms. The quantitative estimate of drug-likeness (QED) is 0.464. The topological polar surface area (TPSA) is 50.8 Å². The van der Waals surface area contributed by atoms with Crippen LogP contribution < -0.4 is 15.0 Å². The molecule has 5 heteroatoms. The van der Waals surface area contributed by atoms with Crippen molar-refractivity contribution in [2.24, 2.45) is 0 Å². The number of hydrogen-bond donors (Lipinski definition) is 1. The summed E-state index contributed by atoms with van der Waals surface area (Å²) < 4.78 is 11.4. The lowest BCUT2D eigenvalue weighted by atomic mass is 10.0. The van der Waals surface area contributed by atoms with Crippen LogP contribution in [0, 0.1) is 0 Å². The minimum absolute atomic E-state index is 0.408. The van der Waals surface area contributed by atoms with E-state index in [-0.39, 0.29) is 0 Å². The molecule has 1 N–H and O–H groups in total. The van der Waals surface area contributed by atoms with Gasteiger partial charge in [-0.05, 0) is 78.3 Å². The Morgan fingerprint density at radius 3 is 2.16 bits per heavy atom. The Hall–Kier alpha value is -2.95.